The van der Waals surface area contributed by atoms with Crippen LogP contribution in [0, 0.1) is 6.92 Å². The Labute approximate surface area is 189 Å². The molecule has 2 aromatic rings. The summed E-state index contributed by atoms with van der Waals surface area (Å²) in [6, 6.07) is 14.4. The average Bonchev–Trinajstić information content (AvgIpc) is 3.19. The van der Waals surface area contributed by atoms with Crippen molar-refractivity contribution < 1.29 is 14.3 Å². The second-order valence-electron chi connectivity index (χ2n) is 8.60. The molecular weight excluding hydrogens is 404 g/mol. The van der Waals surface area contributed by atoms with Crippen molar-refractivity contribution in [3.63, 3.8) is 0 Å². The molecule has 7 heteroatoms. The molecule has 170 valence electrons. The number of nitrogens with zero attached hydrogens (tertiary/aromatic N) is 2. The number of amides is 2. The monoisotopic (exact) mass is 436 g/mol. The Morgan fingerprint density at radius 1 is 1.00 bits per heavy atom. The standard InChI is InChI=1S/C25H32N4O3/c1-18-3-5-19(6-4-18)16-26-24(30)25(31)27-17-23(29-11-13-32-14-12-29)20-7-8-22-21(15-20)9-10-28(22)2/h3-8,15,23H,9-14,16-17H2,1-2H3,(H,26,30)(H,27,31)/t23-/m0/s1. The Bertz CT molecular complexity index is 954. The number of anilines is 1. The summed E-state index contributed by atoms with van der Waals surface area (Å²) in [5.74, 6) is -1.21. The molecule has 2 aromatic carbocycles. The van der Waals surface area contributed by atoms with Crippen LogP contribution in [0.5, 0.6) is 0 Å². The van der Waals surface area contributed by atoms with E-state index in [-0.39, 0.29) is 6.04 Å². The van der Waals surface area contributed by atoms with Crippen LogP contribution in [0.2, 0.25) is 0 Å². The van der Waals surface area contributed by atoms with Gasteiger partial charge < -0.3 is 20.3 Å². The van der Waals surface area contributed by atoms with Gasteiger partial charge in [0.05, 0.1) is 19.3 Å². The van der Waals surface area contributed by atoms with E-state index in [0.717, 1.165) is 37.2 Å². The number of hydrogen-bond acceptors (Lipinski definition) is 5. The molecule has 0 saturated carbocycles. The quantitative estimate of drug-likeness (QED) is 0.676. The van der Waals surface area contributed by atoms with Crippen LogP contribution in [-0.4, -0.2) is 63.2 Å². The number of hydrogen-bond donors (Lipinski definition) is 2. The van der Waals surface area contributed by atoms with Gasteiger partial charge in [-0.3, -0.25) is 14.5 Å². The highest BCUT2D eigenvalue weighted by Crippen LogP contribution is 2.31. The Morgan fingerprint density at radius 2 is 1.72 bits per heavy atom. The number of morpholine rings is 1. The third kappa shape index (κ3) is 5.29. The van der Waals surface area contributed by atoms with E-state index in [0.29, 0.717) is 26.3 Å². The SMILES string of the molecule is Cc1ccc(CNC(=O)C(=O)NC[C@@H](c2ccc3c(c2)CCN3C)N2CCOCC2)cc1. The number of carbonyl (C=O) groups is 2. The van der Waals surface area contributed by atoms with Crippen LogP contribution in [-0.2, 0) is 27.3 Å². The van der Waals surface area contributed by atoms with Gasteiger partial charge in [0.1, 0.15) is 0 Å². The lowest BCUT2D eigenvalue weighted by Gasteiger charge is -2.35. The number of likely N-dealkylation sites (N-methyl/N-ethyl adjacent to an activating group) is 1. The predicted molar refractivity (Wildman–Crippen MR) is 125 cm³/mol. The summed E-state index contributed by atoms with van der Waals surface area (Å²) in [5.41, 5.74) is 5.90. The molecule has 7 nitrogen and oxygen atoms in total. The number of benzene rings is 2. The Kier molecular flexibility index (Phi) is 7.07. The highest BCUT2D eigenvalue weighted by Gasteiger charge is 2.26. The van der Waals surface area contributed by atoms with E-state index in [2.05, 4.69) is 45.7 Å². The summed E-state index contributed by atoms with van der Waals surface area (Å²) >= 11 is 0. The number of ether oxygens (including phenoxy) is 1. The first-order valence-corrected chi connectivity index (χ1v) is 11.3. The molecule has 32 heavy (non-hydrogen) atoms. The Hall–Kier alpha value is -2.90. The number of carbonyl (C=O) groups excluding carboxylic acids is 2. The van der Waals surface area contributed by atoms with Crippen LogP contribution in [0.1, 0.15) is 28.3 Å². The van der Waals surface area contributed by atoms with Crippen molar-refractivity contribution in [2.75, 3.05) is 51.3 Å². The molecule has 0 aromatic heterocycles. The zero-order valence-corrected chi connectivity index (χ0v) is 18.9. The molecule has 4 rings (SSSR count). The van der Waals surface area contributed by atoms with Gasteiger partial charge in [0.2, 0.25) is 0 Å². The molecule has 0 radical (unpaired) electrons. The summed E-state index contributed by atoms with van der Waals surface area (Å²) in [4.78, 5) is 29.4. The van der Waals surface area contributed by atoms with Gasteiger partial charge in [0, 0.05) is 45.5 Å². The third-order valence-corrected chi connectivity index (χ3v) is 6.34. The van der Waals surface area contributed by atoms with E-state index in [9.17, 15) is 9.59 Å². The van der Waals surface area contributed by atoms with Crippen LogP contribution in [0.15, 0.2) is 42.5 Å². The molecule has 2 heterocycles. The number of rotatable bonds is 6. The lowest BCUT2D eigenvalue weighted by Crippen LogP contribution is -2.46. The highest BCUT2D eigenvalue weighted by molar-refractivity contribution is 6.35. The van der Waals surface area contributed by atoms with Crippen LogP contribution in [0.3, 0.4) is 0 Å². The highest BCUT2D eigenvalue weighted by atomic mass is 16.5. The van der Waals surface area contributed by atoms with Gasteiger partial charge >= 0.3 is 11.8 Å². The summed E-state index contributed by atoms with van der Waals surface area (Å²) in [7, 11) is 2.11. The third-order valence-electron chi connectivity index (χ3n) is 6.34. The molecule has 2 aliphatic rings. The maximum Gasteiger partial charge on any atom is 0.309 e. The minimum Gasteiger partial charge on any atom is -0.379 e. The fourth-order valence-corrected chi connectivity index (χ4v) is 4.38. The zero-order valence-electron chi connectivity index (χ0n) is 18.9. The molecule has 0 unspecified atom stereocenters. The van der Waals surface area contributed by atoms with Gasteiger partial charge in [-0.1, -0.05) is 42.0 Å². The smallest absolute Gasteiger partial charge is 0.309 e. The van der Waals surface area contributed by atoms with Crippen molar-refractivity contribution in [2.45, 2.75) is 25.9 Å². The summed E-state index contributed by atoms with van der Waals surface area (Å²) in [6.07, 6.45) is 1.03. The molecule has 1 fully saturated rings. The number of nitrogens with one attached hydrogen (secondary N) is 2. The second-order valence-corrected chi connectivity index (χ2v) is 8.60. The first-order chi connectivity index (χ1) is 15.5. The summed E-state index contributed by atoms with van der Waals surface area (Å²) in [6.45, 7) is 6.71. The molecular formula is C25H32N4O3. The van der Waals surface area contributed by atoms with Gasteiger partial charge in [-0.25, -0.2) is 0 Å². The molecule has 0 spiro atoms. The maximum atomic E-state index is 12.5. The normalized spacial score (nSPS) is 17.0. The fraction of sp³-hybridized carbons (Fsp3) is 0.440. The Morgan fingerprint density at radius 3 is 2.47 bits per heavy atom. The topological polar surface area (TPSA) is 73.9 Å². The van der Waals surface area contributed by atoms with Gasteiger partial charge in [-0.2, -0.15) is 0 Å². The largest absolute Gasteiger partial charge is 0.379 e. The lowest BCUT2D eigenvalue weighted by molar-refractivity contribution is -0.139. The van der Waals surface area contributed by atoms with E-state index < -0.39 is 11.8 Å². The molecule has 0 bridgehead atoms. The molecule has 2 amide bonds. The van der Waals surface area contributed by atoms with E-state index >= 15 is 0 Å². The second kappa shape index (κ2) is 10.1. The van der Waals surface area contributed by atoms with Gasteiger partial charge in [-0.05, 0) is 36.1 Å². The number of aryl methyl sites for hydroxylation is 1. The summed E-state index contributed by atoms with van der Waals surface area (Å²) in [5, 5.41) is 5.57. The van der Waals surface area contributed by atoms with Crippen LogP contribution < -0.4 is 15.5 Å². The first kappa shape index (κ1) is 22.3. The fourth-order valence-electron chi connectivity index (χ4n) is 4.38. The minimum atomic E-state index is -0.609. The summed E-state index contributed by atoms with van der Waals surface area (Å²) < 4.78 is 5.52. The van der Waals surface area contributed by atoms with Crippen LogP contribution in [0.25, 0.3) is 0 Å². The molecule has 0 aliphatic carbocycles. The molecule has 1 atom stereocenters. The zero-order chi connectivity index (χ0) is 22.5. The van der Waals surface area contributed by atoms with Gasteiger partial charge in [-0.15, -0.1) is 0 Å². The molecule has 2 aliphatic heterocycles. The van der Waals surface area contributed by atoms with E-state index in [1.807, 2.05) is 31.2 Å². The Balaban J connectivity index is 1.39. The van der Waals surface area contributed by atoms with Crippen molar-refractivity contribution in [1.29, 1.82) is 0 Å². The lowest BCUT2D eigenvalue weighted by atomic mass is 10.0. The van der Waals surface area contributed by atoms with Crippen LogP contribution in [0.4, 0.5) is 5.69 Å². The van der Waals surface area contributed by atoms with E-state index in [4.69, 9.17) is 4.74 Å². The van der Waals surface area contributed by atoms with Gasteiger partial charge in [0.15, 0.2) is 0 Å². The van der Waals surface area contributed by atoms with Crippen molar-refractivity contribution in [3.8, 4) is 0 Å². The van der Waals surface area contributed by atoms with Gasteiger partial charge in [0.25, 0.3) is 0 Å². The average molecular weight is 437 g/mol. The predicted octanol–water partition coefficient (Wildman–Crippen LogP) is 1.79. The number of fused-ring (bicyclic) bond motifs is 1. The molecule has 1 saturated heterocycles. The van der Waals surface area contributed by atoms with Crippen molar-refractivity contribution in [3.05, 3.63) is 64.7 Å². The maximum absolute atomic E-state index is 12.5. The first-order valence-electron chi connectivity index (χ1n) is 11.3. The van der Waals surface area contributed by atoms with Crippen molar-refractivity contribution in [2.24, 2.45) is 0 Å². The van der Waals surface area contributed by atoms with Crippen molar-refractivity contribution in [1.82, 2.24) is 15.5 Å². The van der Waals surface area contributed by atoms with Crippen LogP contribution >= 0.6 is 0 Å². The minimum absolute atomic E-state index is 0.00366. The van der Waals surface area contributed by atoms with Crippen molar-refractivity contribution >= 4 is 17.5 Å². The van der Waals surface area contributed by atoms with E-state index in [1.165, 1.54) is 16.8 Å². The molecule has 2 N–H and O–H groups in total. The van der Waals surface area contributed by atoms with E-state index in [1.54, 1.807) is 0 Å².